The molecule has 162 valence electrons. The van der Waals surface area contributed by atoms with Crippen molar-refractivity contribution < 1.29 is 13.6 Å². The van der Waals surface area contributed by atoms with Gasteiger partial charge in [0.2, 0.25) is 0 Å². The second kappa shape index (κ2) is 8.55. The molecule has 1 amide bonds. The molecule has 0 radical (unpaired) electrons. The summed E-state index contributed by atoms with van der Waals surface area (Å²) < 4.78 is 28.5. The minimum Gasteiger partial charge on any atom is -0.755 e. The molecule has 1 saturated carbocycles. The SMILES string of the molecule is O=C(NS(=O)[O-])c1ccc2c(C3CCCCC3)c3n(c2c1)CCN(I)c1ccccc1-3. The Balaban J connectivity index is 1.77. The van der Waals surface area contributed by atoms with Crippen LogP contribution in [-0.4, -0.2) is 25.8 Å². The van der Waals surface area contributed by atoms with Gasteiger partial charge in [-0.15, -0.1) is 0 Å². The number of amides is 1. The first kappa shape index (κ1) is 21.0. The van der Waals surface area contributed by atoms with E-state index in [9.17, 15) is 13.6 Å². The quantitative estimate of drug-likeness (QED) is 0.283. The van der Waals surface area contributed by atoms with Crippen LogP contribution in [0, 0.1) is 0 Å². The molecule has 2 aromatic carbocycles. The first-order chi connectivity index (χ1) is 15.0. The third-order valence-electron chi connectivity index (χ3n) is 6.50. The second-order valence-electron chi connectivity index (χ2n) is 8.25. The molecule has 1 aliphatic heterocycles. The van der Waals surface area contributed by atoms with Crippen molar-refractivity contribution in [1.29, 1.82) is 0 Å². The van der Waals surface area contributed by atoms with Crippen molar-refractivity contribution in [2.75, 3.05) is 9.66 Å². The van der Waals surface area contributed by atoms with E-state index in [1.165, 1.54) is 60.0 Å². The number of fused-ring (bicyclic) bond motifs is 5. The molecule has 0 bridgehead atoms. The van der Waals surface area contributed by atoms with Crippen LogP contribution >= 0.6 is 22.9 Å². The molecule has 2 aliphatic rings. The summed E-state index contributed by atoms with van der Waals surface area (Å²) in [6, 6.07) is 14.1. The number of benzene rings is 2. The summed E-state index contributed by atoms with van der Waals surface area (Å²) in [5, 5.41) is 1.18. The van der Waals surface area contributed by atoms with Crippen molar-refractivity contribution in [3.63, 3.8) is 0 Å². The Morgan fingerprint density at radius 1 is 1.10 bits per heavy atom. The predicted molar refractivity (Wildman–Crippen MR) is 131 cm³/mol. The fourth-order valence-electron chi connectivity index (χ4n) is 5.17. The van der Waals surface area contributed by atoms with Gasteiger partial charge in [0, 0.05) is 46.4 Å². The van der Waals surface area contributed by atoms with Crippen LogP contribution < -0.4 is 7.84 Å². The van der Waals surface area contributed by atoms with Crippen LogP contribution in [0.4, 0.5) is 5.69 Å². The number of para-hydroxylation sites is 1. The monoisotopic (exact) mass is 548 g/mol. The fourth-order valence-corrected chi connectivity index (χ4v) is 6.08. The maximum atomic E-state index is 12.4. The van der Waals surface area contributed by atoms with Crippen molar-refractivity contribution in [2.45, 2.75) is 44.6 Å². The Morgan fingerprint density at radius 2 is 1.87 bits per heavy atom. The average Bonchev–Trinajstić information content (AvgIpc) is 3.03. The molecule has 0 saturated heterocycles. The summed E-state index contributed by atoms with van der Waals surface area (Å²) >= 11 is -0.255. The average molecular weight is 548 g/mol. The standard InChI is InChI=1S/C23H24IN3O3S/c24-27-13-12-26-20-14-16(23(28)25-31(29)30)10-11-17(20)21(15-6-2-1-3-7-15)22(26)18-8-4-5-9-19(18)27/h4-5,8-11,14-15H,1-3,6-7,12-13H2,(H,25,28)(H,29,30)/p-1. The number of carbonyl (C=O) groups is 1. The lowest BCUT2D eigenvalue weighted by Crippen LogP contribution is -2.25. The van der Waals surface area contributed by atoms with Gasteiger partial charge in [-0.2, -0.15) is 0 Å². The molecule has 1 unspecified atom stereocenters. The fraction of sp³-hybridized carbons (Fsp3) is 0.348. The number of carbonyl (C=O) groups excluding carboxylic acids is 1. The molecule has 0 spiro atoms. The van der Waals surface area contributed by atoms with E-state index >= 15 is 0 Å². The number of aromatic nitrogens is 1. The Hall–Kier alpha value is -1.91. The highest BCUT2D eigenvalue weighted by atomic mass is 127. The third kappa shape index (κ3) is 3.78. The molecular formula is C23H23IN3O3S-. The number of halogens is 1. The van der Waals surface area contributed by atoms with Crippen LogP contribution in [0.5, 0.6) is 0 Å². The molecule has 1 aromatic heterocycles. The second-order valence-corrected chi connectivity index (χ2v) is 10.1. The number of rotatable bonds is 3. The maximum Gasteiger partial charge on any atom is 0.262 e. The lowest BCUT2D eigenvalue weighted by Gasteiger charge is -2.24. The Morgan fingerprint density at radius 3 is 2.65 bits per heavy atom. The first-order valence-corrected chi connectivity index (χ1v) is 12.7. The summed E-state index contributed by atoms with van der Waals surface area (Å²) in [6.45, 7) is 1.65. The molecule has 5 rings (SSSR count). The van der Waals surface area contributed by atoms with Gasteiger partial charge in [-0.1, -0.05) is 43.5 Å². The summed E-state index contributed by atoms with van der Waals surface area (Å²) in [6.07, 6.45) is 6.14. The van der Waals surface area contributed by atoms with Gasteiger partial charge in [0.1, 0.15) is 0 Å². The molecule has 6 nitrogen and oxygen atoms in total. The third-order valence-corrected chi connectivity index (χ3v) is 7.85. The van der Waals surface area contributed by atoms with E-state index in [2.05, 4.69) is 54.8 Å². The Labute approximate surface area is 197 Å². The normalized spacial score (nSPS) is 17.7. The van der Waals surface area contributed by atoms with Crippen LogP contribution in [-0.2, 0) is 17.8 Å². The molecular weight excluding hydrogens is 525 g/mol. The molecule has 8 heteroatoms. The van der Waals surface area contributed by atoms with Gasteiger partial charge in [0.05, 0.1) is 34.2 Å². The minimum absolute atomic E-state index is 0.357. The summed E-state index contributed by atoms with van der Waals surface area (Å²) in [5.41, 5.74) is 6.42. The van der Waals surface area contributed by atoms with Crippen LogP contribution in [0.25, 0.3) is 22.2 Å². The highest BCUT2D eigenvalue weighted by Gasteiger charge is 2.30. The molecule has 31 heavy (non-hydrogen) atoms. The van der Waals surface area contributed by atoms with E-state index in [4.69, 9.17) is 0 Å². The van der Waals surface area contributed by atoms with E-state index < -0.39 is 17.2 Å². The van der Waals surface area contributed by atoms with Gasteiger partial charge in [-0.05, 0) is 42.5 Å². The summed E-state index contributed by atoms with van der Waals surface area (Å²) in [7, 11) is 0. The van der Waals surface area contributed by atoms with Crippen molar-refractivity contribution in [2.24, 2.45) is 0 Å². The van der Waals surface area contributed by atoms with Crippen molar-refractivity contribution in [1.82, 2.24) is 9.29 Å². The van der Waals surface area contributed by atoms with E-state index in [1.807, 2.05) is 16.9 Å². The number of nitrogens with zero attached hydrogens (tertiary/aromatic N) is 2. The lowest BCUT2D eigenvalue weighted by atomic mass is 9.81. The molecule has 1 fully saturated rings. The largest absolute Gasteiger partial charge is 0.755 e. The van der Waals surface area contributed by atoms with E-state index in [-0.39, 0.29) is 0 Å². The number of hydrogen-bond donors (Lipinski definition) is 1. The smallest absolute Gasteiger partial charge is 0.262 e. The molecule has 3 aromatic rings. The first-order valence-electron chi connectivity index (χ1n) is 10.6. The predicted octanol–water partition coefficient (Wildman–Crippen LogP) is 5.05. The topological polar surface area (TPSA) is 77.4 Å². The number of nitrogens with one attached hydrogen (secondary N) is 1. The zero-order chi connectivity index (χ0) is 21.5. The van der Waals surface area contributed by atoms with Gasteiger partial charge < -0.3 is 12.2 Å². The zero-order valence-corrected chi connectivity index (χ0v) is 19.9. The van der Waals surface area contributed by atoms with Gasteiger partial charge >= 0.3 is 0 Å². The van der Waals surface area contributed by atoms with E-state index in [0.29, 0.717) is 11.5 Å². The van der Waals surface area contributed by atoms with Gasteiger partial charge in [-0.3, -0.25) is 13.7 Å². The maximum absolute atomic E-state index is 12.4. The molecule has 2 heterocycles. The van der Waals surface area contributed by atoms with Crippen LogP contribution in [0.15, 0.2) is 42.5 Å². The van der Waals surface area contributed by atoms with Crippen LogP contribution in [0.1, 0.15) is 53.9 Å². The number of anilines is 1. The molecule has 1 aliphatic carbocycles. The lowest BCUT2D eigenvalue weighted by molar-refractivity contribution is 0.0981. The molecule has 1 N–H and O–H groups in total. The summed E-state index contributed by atoms with van der Waals surface area (Å²) in [4.78, 5) is 12.4. The molecule has 1 atom stereocenters. The zero-order valence-electron chi connectivity index (χ0n) is 17.0. The highest BCUT2D eigenvalue weighted by molar-refractivity contribution is 14.1. The van der Waals surface area contributed by atoms with Crippen molar-refractivity contribution in [3.05, 3.63) is 53.6 Å². The van der Waals surface area contributed by atoms with Gasteiger partial charge in [0.15, 0.2) is 0 Å². The minimum atomic E-state index is -2.63. The van der Waals surface area contributed by atoms with Crippen LogP contribution in [0.2, 0.25) is 0 Å². The van der Waals surface area contributed by atoms with E-state index in [1.54, 1.807) is 6.07 Å². The van der Waals surface area contributed by atoms with Crippen molar-refractivity contribution in [3.8, 4) is 11.3 Å². The van der Waals surface area contributed by atoms with Gasteiger partial charge in [0.25, 0.3) is 5.91 Å². The van der Waals surface area contributed by atoms with E-state index in [0.717, 1.165) is 18.6 Å². The highest BCUT2D eigenvalue weighted by Crippen LogP contribution is 2.47. The Bertz CT molecular complexity index is 1190. The number of hydrogen-bond acceptors (Lipinski definition) is 4. The van der Waals surface area contributed by atoms with Crippen LogP contribution in [0.3, 0.4) is 0 Å². The van der Waals surface area contributed by atoms with Gasteiger partial charge in [-0.25, -0.2) is 0 Å². The Kier molecular flexibility index (Phi) is 5.78. The summed E-state index contributed by atoms with van der Waals surface area (Å²) in [5.74, 6) is -0.107. The van der Waals surface area contributed by atoms with Crippen molar-refractivity contribution >= 4 is 56.6 Å².